The predicted molar refractivity (Wildman–Crippen MR) is 47.0 cm³/mol. The number of Topliss-reactive ketones (excluding diaryl/α,β-unsaturated/α-hetero) is 1. The maximum Gasteiger partial charge on any atom is 0.144 e. The van der Waals surface area contributed by atoms with Crippen LogP contribution in [0.5, 0.6) is 0 Å². The molecule has 0 aromatic rings. The molecule has 0 amide bonds. The van der Waals surface area contributed by atoms with Crippen molar-refractivity contribution in [1.29, 1.82) is 0 Å². The molecule has 1 fully saturated rings. The van der Waals surface area contributed by atoms with Crippen LogP contribution in [0.25, 0.3) is 0 Å². The van der Waals surface area contributed by atoms with E-state index < -0.39 is 9.75 Å². The van der Waals surface area contributed by atoms with E-state index in [9.17, 15) is 4.79 Å². The molecule has 64 valence electrons. The molecular formula is C8H12Cl2O. The summed E-state index contributed by atoms with van der Waals surface area (Å²) < 4.78 is -0.797. The Morgan fingerprint density at radius 3 is 1.91 bits per heavy atom. The number of ketones is 1. The first-order valence-electron chi connectivity index (χ1n) is 3.73. The van der Waals surface area contributed by atoms with Gasteiger partial charge >= 0.3 is 0 Å². The molecule has 0 aromatic heterocycles. The fourth-order valence-corrected chi connectivity index (χ4v) is 2.03. The standard InChI is InChI=1S/C8H12Cl2O/c1-5(2)6(11)7(3)4-8(7,9)10/h5H,4H2,1-3H3/t7-/m1/s1. The number of hydrogen-bond donors (Lipinski definition) is 0. The third-order valence-corrected chi connectivity index (χ3v) is 3.43. The van der Waals surface area contributed by atoms with E-state index in [2.05, 4.69) is 0 Å². The highest BCUT2D eigenvalue weighted by atomic mass is 35.5. The van der Waals surface area contributed by atoms with Crippen LogP contribution in [-0.2, 0) is 4.79 Å². The number of rotatable bonds is 2. The minimum Gasteiger partial charge on any atom is -0.299 e. The van der Waals surface area contributed by atoms with Crippen molar-refractivity contribution in [3.8, 4) is 0 Å². The van der Waals surface area contributed by atoms with Crippen LogP contribution in [-0.4, -0.2) is 10.1 Å². The Morgan fingerprint density at radius 1 is 1.45 bits per heavy atom. The Balaban J connectivity index is 2.72. The smallest absolute Gasteiger partial charge is 0.144 e. The maximum absolute atomic E-state index is 11.5. The summed E-state index contributed by atoms with van der Waals surface area (Å²) in [6, 6.07) is 0. The predicted octanol–water partition coefficient (Wildman–Crippen LogP) is 2.80. The maximum atomic E-state index is 11.5. The van der Waals surface area contributed by atoms with Crippen molar-refractivity contribution in [2.75, 3.05) is 0 Å². The minimum absolute atomic E-state index is 0.0272. The highest BCUT2D eigenvalue weighted by molar-refractivity contribution is 6.53. The topological polar surface area (TPSA) is 17.1 Å². The lowest BCUT2D eigenvalue weighted by molar-refractivity contribution is -0.126. The lowest BCUT2D eigenvalue weighted by Gasteiger charge is -2.12. The summed E-state index contributed by atoms with van der Waals surface area (Å²) in [4.78, 5) is 11.5. The van der Waals surface area contributed by atoms with Gasteiger partial charge in [0, 0.05) is 5.92 Å². The van der Waals surface area contributed by atoms with Crippen molar-refractivity contribution in [2.45, 2.75) is 31.5 Å². The van der Waals surface area contributed by atoms with Crippen LogP contribution in [0.1, 0.15) is 27.2 Å². The summed E-state index contributed by atoms with van der Waals surface area (Å²) in [6.07, 6.45) is 0.597. The van der Waals surface area contributed by atoms with Crippen molar-refractivity contribution in [3.63, 3.8) is 0 Å². The van der Waals surface area contributed by atoms with Crippen LogP contribution >= 0.6 is 23.2 Å². The highest BCUT2D eigenvalue weighted by Crippen LogP contribution is 2.64. The summed E-state index contributed by atoms with van der Waals surface area (Å²) in [5.41, 5.74) is -0.482. The van der Waals surface area contributed by atoms with Gasteiger partial charge in [-0.05, 0) is 13.3 Å². The number of halogens is 2. The summed E-state index contributed by atoms with van der Waals surface area (Å²) >= 11 is 11.7. The molecule has 0 aliphatic heterocycles. The normalized spacial score (nSPS) is 34.0. The van der Waals surface area contributed by atoms with E-state index in [0.717, 1.165) is 0 Å². The first kappa shape index (κ1) is 9.34. The second kappa shape index (κ2) is 2.37. The van der Waals surface area contributed by atoms with Crippen molar-refractivity contribution >= 4 is 29.0 Å². The zero-order valence-corrected chi connectivity index (χ0v) is 8.46. The van der Waals surface area contributed by atoms with Crippen molar-refractivity contribution in [2.24, 2.45) is 11.3 Å². The first-order chi connectivity index (χ1) is 4.81. The Hall–Kier alpha value is 0.250. The van der Waals surface area contributed by atoms with Gasteiger partial charge in [-0.1, -0.05) is 13.8 Å². The average molecular weight is 195 g/mol. The Kier molecular flexibility index (Phi) is 2.01. The highest BCUT2D eigenvalue weighted by Gasteiger charge is 2.67. The van der Waals surface area contributed by atoms with E-state index in [1.165, 1.54) is 0 Å². The second-order valence-corrected chi connectivity index (χ2v) is 5.22. The van der Waals surface area contributed by atoms with Gasteiger partial charge in [0.2, 0.25) is 0 Å². The Bertz CT molecular complexity index is 198. The lowest BCUT2D eigenvalue weighted by Crippen LogP contribution is -2.23. The third kappa shape index (κ3) is 1.29. The number of carbonyl (C=O) groups excluding carboxylic acids is 1. The molecule has 1 nitrogen and oxygen atoms in total. The van der Waals surface area contributed by atoms with Gasteiger partial charge in [0.15, 0.2) is 0 Å². The van der Waals surface area contributed by atoms with Gasteiger partial charge in [0.1, 0.15) is 10.1 Å². The van der Waals surface area contributed by atoms with Crippen LogP contribution < -0.4 is 0 Å². The van der Waals surface area contributed by atoms with Crippen molar-refractivity contribution in [3.05, 3.63) is 0 Å². The molecular weight excluding hydrogens is 183 g/mol. The largest absolute Gasteiger partial charge is 0.299 e. The molecule has 0 radical (unpaired) electrons. The molecule has 0 bridgehead atoms. The summed E-state index contributed by atoms with van der Waals surface area (Å²) in [6.45, 7) is 5.57. The zero-order valence-electron chi connectivity index (χ0n) is 6.95. The van der Waals surface area contributed by atoms with Gasteiger partial charge in [0.05, 0.1) is 5.41 Å². The van der Waals surface area contributed by atoms with E-state index in [4.69, 9.17) is 23.2 Å². The van der Waals surface area contributed by atoms with E-state index >= 15 is 0 Å². The summed E-state index contributed by atoms with van der Waals surface area (Å²) in [5.74, 6) is 0.196. The average Bonchev–Trinajstić information content (AvgIpc) is 2.32. The molecule has 0 saturated heterocycles. The van der Waals surface area contributed by atoms with Crippen LogP contribution in [0.4, 0.5) is 0 Å². The van der Waals surface area contributed by atoms with E-state index in [1.54, 1.807) is 0 Å². The molecule has 1 atom stereocenters. The summed E-state index contributed by atoms with van der Waals surface area (Å²) in [5, 5.41) is 0. The molecule has 0 spiro atoms. The number of hydrogen-bond acceptors (Lipinski definition) is 1. The zero-order chi connectivity index (χ0) is 8.86. The van der Waals surface area contributed by atoms with E-state index in [-0.39, 0.29) is 11.7 Å². The van der Waals surface area contributed by atoms with E-state index in [0.29, 0.717) is 6.42 Å². The number of alkyl halides is 2. The fourth-order valence-electron chi connectivity index (χ4n) is 1.30. The second-order valence-electron chi connectivity index (χ2n) is 3.73. The van der Waals surface area contributed by atoms with Crippen molar-refractivity contribution < 1.29 is 4.79 Å². The molecule has 0 heterocycles. The molecule has 3 heteroatoms. The Labute approximate surface area is 77.1 Å². The SMILES string of the molecule is CC(C)C(=O)[C@@]1(C)CC1(Cl)Cl. The van der Waals surface area contributed by atoms with Crippen molar-refractivity contribution in [1.82, 2.24) is 0 Å². The third-order valence-electron chi connectivity index (χ3n) is 2.33. The van der Waals surface area contributed by atoms with Gasteiger partial charge in [-0.25, -0.2) is 0 Å². The molecule has 1 aliphatic carbocycles. The molecule has 1 saturated carbocycles. The van der Waals surface area contributed by atoms with Gasteiger partial charge in [-0.3, -0.25) is 4.79 Å². The molecule has 0 N–H and O–H groups in total. The Morgan fingerprint density at radius 2 is 1.82 bits per heavy atom. The van der Waals surface area contributed by atoms with E-state index in [1.807, 2.05) is 20.8 Å². The van der Waals surface area contributed by atoms with Gasteiger partial charge in [0.25, 0.3) is 0 Å². The number of carbonyl (C=O) groups is 1. The molecule has 11 heavy (non-hydrogen) atoms. The van der Waals surface area contributed by atoms with Gasteiger partial charge in [-0.2, -0.15) is 0 Å². The van der Waals surface area contributed by atoms with Crippen LogP contribution in [0.15, 0.2) is 0 Å². The van der Waals surface area contributed by atoms with Gasteiger partial charge < -0.3 is 0 Å². The lowest BCUT2D eigenvalue weighted by atomic mass is 9.94. The van der Waals surface area contributed by atoms with Gasteiger partial charge in [-0.15, -0.1) is 23.2 Å². The fraction of sp³-hybridized carbons (Fsp3) is 0.875. The minimum atomic E-state index is -0.797. The quantitative estimate of drug-likeness (QED) is 0.619. The monoisotopic (exact) mass is 194 g/mol. The first-order valence-corrected chi connectivity index (χ1v) is 4.49. The summed E-state index contributed by atoms with van der Waals surface area (Å²) in [7, 11) is 0. The molecule has 1 rings (SSSR count). The van der Waals surface area contributed by atoms with Crippen LogP contribution in [0.2, 0.25) is 0 Å². The molecule has 0 aromatic carbocycles. The van der Waals surface area contributed by atoms with Crippen LogP contribution in [0, 0.1) is 11.3 Å². The molecule has 1 aliphatic rings. The van der Waals surface area contributed by atoms with Crippen LogP contribution in [0.3, 0.4) is 0 Å². The molecule has 0 unspecified atom stereocenters.